The Balaban J connectivity index is 1.64. The summed E-state index contributed by atoms with van der Waals surface area (Å²) in [5.41, 5.74) is 4.65. The minimum atomic E-state index is -3.83. The number of ether oxygens (including phenoxy) is 1. The van der Waals surface area contributed by atoms with Gasteiger partial charge in [-0.2, -0.15) is 0 Å². The number of esters is 1. The molecule has 4 aromatic rings. The third-order valence-electron chi connectivity index (χ3n) is 5.70. The third-order valence-corrected chi connectivity index (χ3v) is 7.47. The van der Waals surface area contributed by atoms with Gasteiger partial charge in [0.15, 0.2) is 0 Å². The maximum absolute atomic E-state index is 13.7. The smallest absolute Gasteiger partial charge is 0.343 e. The van der Waals surface area contributed by atoms with E-state index in [-0.39, 0.29) is 11.4 Å². The van der Waals surface area contributed by atoms with E-state index in [1.165, 1.54) is 4.31 Å². The van der Waals surface area contributed by atoms with Crippen LogP contribution in [0.15, 0.2) is 102 Å². The van der Waals surface area contributed by atoms with Gasteiger partial charge in [-0.1, -0.05) is 65.7 Å². The van der Waals surface area contributed by atoms with Crippen LogP contribution in [0.1, 0.15) is 32.6 Å². The second-order valence-electron chi connectivity index (χ2n) is 8.51. The number of para-hydroxylation sites is 1. The molecule has 0 radical (unpaired) electrons. The first-order chi connectivity index (χ1) is 16.7. The van der Waals surface area contributed by atoms with Crippen molar-refractivity contribution in [2.75, 3.05) is 4.31 Å². The highest BCUT2D eigenvalue weighted by molar-refractivity contribution is 7.92. The first-order valence-electron chi connectivity index (χ1n) is 11.3. The zero-order valence-corrected chi connectivity index (χ0v) is 20.7. The highest BCUT2D eigenvalue weighted by Crippen LogP contribution is 2.30. The number of nitrogens with zero attached hydrogens (tertiary/aromatic N) is 1. The summed E-state index contributed by atoms with van der Waals surface area (Å²) in [5, 5.41) is 0. The lowest BCUT2D eigenvalue weighted by molar-refractivity contribution is 0.0734. The fourth-order valence-corrected chi connectivity index (χ4v) is 5.31. The van der Waals surface area contributed by atoms with Crippen molar-refractivity contribution in [1.82, 2.24) is 0 Å². The van der Waals surface area contributed by atoms with Crippen LogP contribution in [0, 0.1) is 20.8 Å². The van der Waals surface area contributed by atoms with E-state index in [1.807, 2.05) is 45.0 Å². The van der Waals surface area contributed by atoms with Crippen LogP contribution in [0.5, 0.6) is 5.75 Å². The SMILES string of the molecule is Cc1ccc(S(=O)(=O)N(Cc2ccc(C(=O)Oc3ccccc3)cc2)c2ccc(C)cc2C)cc1. The van der Waals surface area contributed by atoms with Crippen molar-refractivity contribution in [2.45, 2.75) is 32.2 Å². The number of anilines is 1. The molecule has 0 amide bonds. The fraction of sp³-hybridized carbons (Fsp3) is 0.138. The molecule has 4 rings (SSSR count). The van der Waals surface area contributed by atoms with Crippen molar-refractivity contribution in [3.8, 4) is 5.75 Å². The number of hydrogen-bond acceptors (Lipinski definition) is 4. The fourth-order valence-electron chi connectivity index (χ4n) is 3.79. The lowest BCUT2D eigenvalue weighted by atomic mass is 10.1. The Morgan fingerprint density at radius 1 is 0.771 bits per heavy atom. The molecule has 0 bridgehead atoms. The maximum Gasteiger partial charge on any atom is 0.343 e. The molecule has 5 nitrogen and oxygen atoms in total. The Morgan fingerprint density at radius 3 is 2.03 bits per heavy atom. The number of carbonyl (C=O) groups is 1. The Morgan fingerprint density at radius 2 is 1.40 bits per heavy atom. The van der Waals surface area contributed by atoms with Crippen LogP contribution in [0.25, 0.3) is 0 Å². The molecule has 0 heterocycles. The third kappa shape index (κ3) is 5.61. The molecule has 0 fully saturated rings. The molecule has 0 N–H and O–H groups in total. The van der Waals surface area contributed by atoms with Crippen LogP contribution >= 0.6 is 0 Å². The van der Waals surface area contributed by atoms with Gasteiger partial charge in [0.05, 0.1) is 22.7 Å². The highest BCUT2D eigenvalue weighted by atomic mass is 32.2. The van der Waals surface area contributed by atoms with E-state index in [4.69, 9.17) is 4.74 Å². The van der Waals surface area contributed by atoms with E-state index in [1.54, 1.807) is 72.8 Å². The first kappa shape index (κ1) is 24.2. The molecule has 4 aromatic carbocycles. The number of carbonyl (C=O) groups excluding carboxylic acids is 1. The van der Waals surface area contributed by atoms with Crippen LogP contribution in [0.2, 0.25) is 0 Å². The summed E-state index contributed by atoms with van der Waals surface area (Å²) in [7, 11) is -3.83. The molecule has 0 aliphatic heterocycles. The summed E-state index contributed by atoms with van der Waals surface area (Å²) >= 11 is 0. The predicted molar refractivity (Wildman–Crippen MR) is 138 cm³/mol. The van der Waals surface area contributed by atoms with Gasteiger partial charge < -0.3 is 4.74 Å². The van der Waals surface area contributed by atoms with Gasteiger partial charge in [0, 0.05) is 0 Å². The van der Waals surface area contributed by atoms with Crippen molar-refractivity contribution in [3.05, 3.63) is 125 Å². The summed E-state index contributed by atoms with van der Waals surface area (Å²) in [6.07, 6.45) is 0. The van der Waals surface area contributed by atoms with Gasteiger partial charge in [-0.25, -0.2) is 13.2 Å². The van der Waals surface area contributed by atoms with E-state index >= 15 is 0 Å². The van der Waals surface area contributed by atoms with Gasteiger partial charge in [-0.05, 0) is 74.4 Å². The normalized spacial score (nSPS) is 11.2. The van der Waals surface area contributed by atoms with Gasteiger partial charge in [0.1, 0.15) is 5.75 Å². The minimum absolute atomic E-state index is 0.119. The van der Waals surface area contributed by atoms with Gasteiger partial charge >= 0.3 is 5.97 Å². The molecule has 0 atom stereocenters. The predicted octanol–water partition coefficient (Wildman–Crippen LogP) is 6.23. The van der Waals surface area contributed by atoms with Crippen LogP contribution in [0.4, 0.5) is 5.69 Å². The number of sulfonamides is 1. The summed E-state index contributed by atoms with van der Waals surface area (Å²) in [5.74, 6) is -0.00643. The average Bonchev–Trinajstić information content (AvgIpc) is 2.84. The number of aryl methyl sites for hydroxylation is 3. The molecule has 0 unspecified atom stereocenters. The van der Waals surface area contributed by atoms with Gasteiger partial charge in [-0.3, -0.25) is 4.31 Å². The van der Waals surface area contributed by atoms with Crippen LogP contribution in [-0.4, -0.2) is 14.4 Å². The van der Waals surface area contributed by atoms with Crippen molar-refractivity contribution in [3.63, 3.8) is 0 Å². The molecule has 0 aliphatic rings. The number of hydrogen-bond donors (Lipinski definition) is 0. The second-order valence-corrected chi connectivity index (χ2v) is 10.4. The van der Waals surface area contributed by atoms with E-state index < -0.39 is 16.0 Å². The Kier molecular flexibility index (Phi) is 7.03. The average molecular weight is 486 g/mol. The Bertz CT molecular complexity index is 1430. The first-order valence-corrected chi connectivity index (χ1v) is 12.7. The molecule has 0 saturated carbocycles. The second kappa shape index (κ2) is 10.2. The van der Waals surface area contributed by atoms with E-state index in [0.717, 1.165) is 22.3 Å². The van der Waals surface area contributed by atoms with Gasteiger partial charge in [0.25, 0.3) is 10.0 Å². The lowest BCUT2D eigenvalue weighted by Gasteiger charge is -2.26. The Hall–Kier alpha value is -3.90. The summed E-state index contributed by atoms with van der Waals surface area (Å²) in [4.78, 5) is 12.7. The summed E-state index contributed by atoms with van der Waals surface area (Å²) in [6, 6.07) is 28.2. The molecule has 178 valence electrons. The van der Waals surface area contributed by atoms with Crippen LogP contribution < -0.4 is 9.04 Å². The van der Waals surface area contributed by atoms with Crippen LogP contribution in [-0.2, 0) is 16.6 Å². The van der Waals surface area contributed by atoms with Crippen molar-refractivity contribution >= 4 is 21.7 Å². The highest BCUT2D eigenvalue weighted by Gasteiger charge is 2.26. The van der Waals surface area contributed by atoms with E-state index in [9.17, 15) is 13.2 Å². The number of rotatable bonds is 7. The molecular weight excluding hydrogens is 458 g/mol. The zero-order valence-electron chi connectivity index (χ0n) is 19.9. The van der Waals surface area contributed by atoms with Gasteiger partial charge in [0.2, 0.25) is 0 Å². The van der Waals surface area contributed by atoms with E-state index in [0.29, 0.717) is 17.0 Å². The monoisotopic (exact) mass is 485 g/mol. The van der Waals surface area contributed by atoms with Crippen molar-refractivity contribution < 1.29 is 17.9 Å². The minimum Gasteiger partial charge on any atom is -0.423 e. The van der Waals surface area contributed by atoms with Crippen molar-refractivity contribution in [2.24, 2.45) is 0 Å². The quantitative estimate of drug-likeness (QED) is 0.230. The lowest BCUT2D eigenvalue weighted by Crippen LogP contribution is -2.31. The number of benzene rings is 4. The Labute approximate surface area is 206 Å². The molecule has 0 saturated heterocycles. The molecule has 0 aromatic heterocycles. The van der Waals surface area contributed by atoms with Crippen molar-refractivity contribution in [1.29, 1.82) is 0 Å². The van der Waals surface area contributed by atoms with Gasteiger partial charge in [-0.15, -0.1) is 0 Å². The molecule has 0 aliphatic carbocycles. The summed E-state index contributed by atoms with van der Waals surface area (Å²) < 4.78 is 34.2. The molecular formula is C29H27NO4S. The molecule has 6 heteroatoms. The summed E-state index contributed by atoms with van der Waals surface area (Å²) in [6.45, 7) is 5.92. The molecule has 35 heavy (non-hydrogen) atoms. The standard InChI is InChI=1S/C29H27NO4S/c1-21-9-16-27(17-10-21)35(32,33)30(28-18-11-22(2)19-23(28)3)20-24-12-14-25(15-13-24)29(31)34-26-7-5-4-6-8-26/h4-19H,20H2,1-3H3. The molecule has 0 spiro atoms. The largest absolute Gasteiger partial charge is 0.423 e. The van der Waals surface area contributed by atoms with E-state index in [2.05, 4.69) is 0 Å². The topological polar surface area (TPSA) is 63.7 Å². The zero-order chi connectivity index (χ0) is 25.0. The van der Waals surface area contributed by atoms with Crippen LogP contribution in [0.3, 0.4) is 0 Å². The maximum atomic E-state index is 13.7.